The number of ether oxygens (including phenoxy) is 2. The van der Waals surface area contributed by atoms with E-state index in [4.69, 9.17) is 44.3 Å². The molecule has 7 nitrogen and oxygen atoms in total. The average Bonchev–Trinajstić information content (AvgIpc) is 2.79. The standard InChI is InChI=1S/C23H18Cl3N3O4/c24-16-7-10-21(19(26)11-16)33-14-23(31)29-27-12-15-5-8-17(9-6-15)32-13-22(30)28-20-4-2-1-3-18(20)25/h1-12H,13-14H2,(H,28,30)(H,29,31)/b27-12-. The Hall–Kier alpha value is -3.26. The van der Waals surface area contributed by atoms with E-state index >= 15 is 0 Å². The molecular formula is C23H18Cl3N3O4. The van der Waals surface area contributed by atoms with Gasteiger partial charge in [0.2, 0.25) is 0 Å². The Balaban J connectivity index is 1.40. The molecule has 3 aromatic rings. The zero-order valence-electron chi connectivity index (χ0n) is 17.1. The fourth-order valence-electron chi connectivity index (χ4n) is 2.49. The van der Waals surface area contributed by atoms with E-state index in [1.165, 1.54) is 12.3 Å². The first-order valence-electron chi connectivity index (χ1n) is 9.58. The van der Waals surface area contributed by atoms with Gasteiger partial charge in [0.05, 0.1) is 21.9 Å². The van der Waals surface area contributed by atoms with Crippen molar-refractivity contribution in [3.05, 3.63) is 87.4 Å². The van der Waals surface area contributed by atoms with Gasteiger partial charge in [-0.05, 0) is 60.2 Å². The van der Waals surface area contributed by atoms with Crippen LogP contribution in [0.3, 0.4) is 0 Å². The van der Waals surface area contributed by atoms with Crippen molar-refractivity contribution in [2.24, 2.45) is 5.10 Å². The number of hydrogen-bond donors (Lipinski definition) is 2. The summed E-state index contributed by atoms with van der Waals surface area (Å²) in [4.78, 5) is 23.9. The topological polar surface area (TPSA) is 89.0 Å². The molecule has 0 aliphatic rings. The van der Waals surface area contributed by atoms with Crippen LogP contribution < -0.4 is 20.2 Å². The van der Waals surface area contributed by atoms with Crippen molar-refractivity contribution in [1.29, 1.82) is 0 Å². The lowest BCUT2D eigenvalue weighted by Gasteiger charge is -2.09. The minimum Gasteiger partial charge on any atom is -0.484 e. The number of para-hydroxylation sites is 1. The Labute approximate surface area is 205 Å². The van der Waals surface area contributed by atoms with Crippen LogP contribution >= 0.6 is 34.8 Å². The summed E-state index contributed by atoms with van der Waals surface area (Å²) in [6.07, 6.45) is 1.46. The third-order valence-corrected chi connectivity index (χ3v) is 4.91. The number of hydrogen-bond acceptors (Lipinski definition) is 5. The molecule has 170 valence electrons. The predicted octanol–water partition coefficient (Wildman–Crippen LogP) is 5.19. The van der Waals surface area contributed by atoms with E-state index in [-0.39, 0.29) is 19.1 Å². The fraction of sp³-hybridized carbons (Fsp3) is 0.0870. The molecule has 2 amide bonds. The molecule has 0 bridgehead atoms. The summed E-state index contributed by atoms with van der Waals surface area (Å²) in [6.45, 7) is -0.436. The quantitative estimate of drug-likeness (QED) is 0.309. The summed E-state index contributed by atoms with van der Waals surface area (Å²) in [6, 6.07) is 18.4. The average molecular weight is 507 g/mol. The van der Waals surface area contributed by atoms with Gasteiger partial charge in [0.25, 0.3) is 11.8 Å². The summed E-state index contributed by atoms with van der Waals surface area (Å²) < 4.78 is 10.8. The van der Waals surface area contributed by atoms with E-state index in [9.17, 15) is 9.59 Å². The van der Waals surface area contributed by atoms with Crippen LogP contribution in [0.15, 0.2) is 71.8 Å². The van der Waals surface area contributed by atoms with Gasteiger partial charge >= 0.3 is 0 Å². The number of nitrogens with one attached hydrogen (secondary N) is 2. The van der Waals surface area contributed by atoms with Crippen molar-refractivity contribution in [2.75, 3.05) is 18.5 Å². The number of rotatable bonds is 9. The summed E-state index contributed by atoms with van der Waals surface area (Å²) in [5.74, 6) is 0.0513. The second kappa shape index (κ2) is 12.1. The van der Waals surface area contributed by atoms with Gasteiger partial charge in [-0.15, -0.1) is 0 Å². The van der Waals surface area contributed by atoms with Gasteiger partial charge in [-0.2, -0.15) is 5.10 Å². The van der Waals surface area contributed by atoms with Crippen molar-refractivity contribution in [1.82, 2.24) is 5.43 Å². The molecule has 0 saturated carbocycles. The second-order valence-electron chi connectivity index (χ2n) is 6.54. The highest BCUT2D eigenvalue weighted by Crippen LogP contribution is 2.27. The summed E-state index contributed by atoms with van der Waals surface area (Å²) in [5, 5.41) is 7.77. The number of anilines is 1. The molecule has 0 unspecified atom stereocenters. The smallest absolute Gasteiger partial charge is 0.277 e. The molecule has 10 heteroatoms. The first-order chi connectivity index (χ1) is 15.9. The fourth-order valence-corrected chi connectivity index (χ4v) is 3.14. The zero-order valence-corrected chi connectivity index (χ0v) is 19.3. The van der Waals surface area contributed by atoms with Crippen LogP contribution in [0.5, 0.6) is 11.5 Å². The second-order valence-corrected chi connectivity index (χ2v) is 7.79. The number of carbonyl (C=O) groups excluding carboxylic acids is 2. The molecule has 0 aromatic heterocycles. The lowest BCUT2D eigenvalue weighted by Crippen LogP contribution is -2.24. The monoisotopic (exact) mass is 505 g/mol. The SMILES string of the molecule is O=C(COc1ccc(Cl)cc1Cl)N/N=C\c1ccc(OCC(=O)Nc2ccccc2Cl)cc1. The molecule has 0 aliphatic carbocycles. The summed E-state index contributed by atoms with van der Waals surface area (Å²) in [5.41, 5.74) is 3.59. The summed E-state index contributed by atoms with van der Waals surface area (Å²) >= 11 is 17.8. The molecular weight excluding hydrogens is 489 g/mol. The third kappa shape index (κ3) is 7.98. The van der Waals surface area contributed by atoms with Crippen LogP contribution in [-0.4, -0.2) is 31.2 Å². The number of benzene rings is 3. The Morgan fingerprint density at radius 1 is 0.848 bits per heavy atom. The molecule has 0 fully saturated rings. The van der Waals surface area contributed by atoms with Gasteiger partial charge in [-0.1, -0.05) is 46.9 Å². The van der Waals surface area contributed by atoms with Gasteiger partial charge in [0, 0.05) is 5.02 Å². The Kier molecular flexibility index (Phi) is 8.95. The molecule has 0 saturated heterocycles. The Bertz CT molecular complexity index is 1150. The predicted molar refractivity (Wildman–Crippen MR) is 130 cm³/mol. The van der Waals surface area contributed by atoms with Crippen molar-refractivity contribution in [2.45, 2.75) is 0 Å². The van der Waals surface area contributed by atoms with E-state index < -0.39 is 5.91 Å². The van der Waals surface area contributed by atoms with E-state index in [0.717, 1.165) is 0 Å². The molecule has 3 rings (SSSR count). The van der Waals surface area contributed by atoms with Crippen molar-refractivity contribution < 1.29 is 19.1 Å². The molecule has 2 N–H and O–H groups in total. The van der Waals surface area contributed by atoms with Crippen molar-refractivity contribution in [3.63, 3.8) is 0 Å². The highest BCUT2D eigenvalue weighted by Gasteiger charge is 2.07. The maximum Gasteiger partial charge on any atom is 0.277 e. The largest absolute Gasteiger partial charge is 0.484 e. The molecule has 0 aliphatic heterocycles. The van der Waals surface area contributed by atoms with Gasteiger partial charge in [0.15, 0.2) is 13.2 Å². The third-order valence-electron chi connectivity index (χ3n) is 4.05. The van der Waals surface area contributed by atoms with Crippen LogP contribution in [0.4, 0.5) is 5.69 Å². The molecule has 0 atom stereocenters. The normalized spacial score (nSPS) is 10.6. The number of carbonyl (C=O) groups is 2. The van der Waals surface area contributed by atoms with Crippen LogP contribution in [-0.2, 0) is 9.59 Å². The maximum atomic E-state index is 12.0. The van der Waals surface area contributed by atoms with Gasteiger partial charge in [0.1, 0.15) is 11.5 Å². The van der Waals surface area contributed by atoms with Crippen LogP contribution in [0.1, 0.15) is 5.56 Å². The Morgan fingerprint density at radius 2 is 1.58 bits per heavy atom. The van der Waals surface area contributed by atoms with E-state index in [2.05, 4.69) is 15.8 Å². The highest BCUT2D eigenvalue weighted by molar-refractivity contribution is 6.35. The first-order valence-corrected chi connectivity index (χ1v) is 10.7. The van der Waals surface area contributed by atoms with Gasteiger partial charge < -0.3 is 14.8 Å². The minimum absolute atomic E-state index is 0.174. The van der Waals surface area contributed by atoms with Crippen LogP contribution in [0, 0.1) is 0 Å². The minimum atomic E-state index is -0.457. The molecule has 0 heterocycles. The first kappa shape index (κ1) is 24.4. The molecule has 0 radical (unpaired) electrons. The summed E-state index contributed by atoms with van der Waals surface area (Å²) in [7, 11) is 0. The highest BCUT2D eigenvalue weighted by atomic mass is 35.5. The maximum absolute atomic E-state index is 12.0. The van der Waals surface area contributed by atoms with Gasteiger partial charge in [-0.3, -0.25) is 9.59 Å². The number of nitrogens with zero attached hydrogens (tertiary/aromatic N) is 1. The number of hydrazone groups is 1. The van der Waals surface area contributed by atoms with E-state index in [0.29, 0.717) is 37.8 Å². The van der Waals surface area contributed by atoms with Gasteiger partial charge in [-0.25, -0.2) is 5.43 Å². The Morgan fingerprint density at radius 3 is 2.30 bits per heavy atom. The van der Waals surface area contributed by atoms with Crippen molar-refractivity contribution in [3.8, 4) is 11.5 Å². The lowest BCUT2D eigenvalue weighted by atomic mass is 10.2. The zero-order chi connectivity index (χ0) is 23.6. The molecule has 33 heavy (non-hydrogen) atoms. The number of amides is 2. The van der Waals surface area contributed by atoms with Crippen molar-refractivity contribution >= 4 is 58.5 Å². The number of halogens is 3. The lowest BCUT2D eigenvalue weighted by molar-refractivity contribution is -0.123. The van der Waals surface area contributed by atoms with E-state index in [1.807, 2.05) is 0 Å². The van der Waals surface area contributed by atoms with E-state index in [1.54, 1.807) is 60.7 Å². The molecule has 0 spiro atoms. The van der Waals surface area contributed by atoms with Crippen LogP contribution in [0.25, 0.3) is 0 Å². The molecule has 3 aromatic carbocycles. The van der Waals surface area contributed by atoms with Crippen LogP contribution in [0.2, 0.25) is 15.1 Å².